The van der Waals surface area contributed by atoms with Crippen LogP contribution in [0.3, 0.4) is 0 Å². The van der Waals surface area contributed by atoms with E-state index in [9.17, 15) is 14.9 Å². The highest BCUT2D eigenvalue weighted by atomic mass is 16.2. The highest BCUT2D eigenvalue weighted by molar-refractivity contribution is 5.95. The number of fused-ring (bicyclic) bond motifs is 3. The molecule has 1 unspecified atom stereocenters. The molecule has 3 aliphatic rings. The minimum atomic E-state index is -0.781. The van der Waals surface area contributed by atoms with Gasteiger partial charge >= 0.3 is 0 Å². The summed E-state index contributed by atoms with van der Waals surface area (Å²) in [6.07, 6.45) is 3.20. The van der Waals surface area contributed by atoms with Crippen molar-refractivity contribution in [2.75, 3.05) is 27.2 Å². The number of hydrogen-bond acceptors (Lipinski definition) is 8. The number of nitrogens with zero attached hydrogens (tertiary/aromatic N) is 5. The van der Waals surface area contributed by atoms with Crippen LogP contribution in [0.2, 0.25) is 0 Å². The standard InChI is InChI=1S/C30H33N9O2/c1-17(39-23(15-31)13-22-14-26(22)39)16-34-9-8-30(29-35-37-38-36-29)24-6-4-18(27(40)32-2)10-20(24)12-21-11-19(28(41)33-3)5-7-25(21)30/h4-7,10-11,22-23,26,34H,1,8-9,12-14,16H2,2-3H3,(H,32,40)(H,33,41)(H,35,36,37,38)/t22-,23?,26+/m1/s1. The van der Waals surface area contributed by atoms with E-state index in [2.05, 4.69) is 54.1 Å². The molecule has 3 aromatic rings. The van der Waals surface area contributed by atoms with Gasteiger partial charge in [-0.15, -0.1) is 10.2 Å². The maximum Gasteiger partial charge on any atom is 0.251 e. The van der Waals surface area contributed by atoms with Gasteiger partial charge in [-0.25, -0.2) is 0 Å². The molecule has 0 spiro atoms. The van der Waals surface area contributed by atoms with E-state index in [4.69, 9.17) is 0 Å². The Labute approximate surface area is 238 Å². The third kappa shape index (κ3) is 4.44. The van der Waals surface area contributed by atoms with E-state index < -0.39 is 5.41 Å². The molecule has 0 bridgehead atoms. The second-order valence-corrected chi connectivity index (χ2v) is 11.1. The molecule has 1 aromatic heterocycles. The molecule has 1 saturated carbocycles. The molecule has 1 aliphatic heterocycles. The highest BCUT2D eigenvalue weighted by Gasteiger charge is 2.52. The third-order valence-corrected chi connectivity index (χ3v) is 8.84. The van der Waals surface area contributed by atoms with E-state index in [0.717, 1.165) is 40.8 Å². The first-order valence-corrected chi connectivity index (χ1v) is 13.9. The van der Waals surface area contributed by atoms with E-state index in [1.54, 1.807) is 14.1 Å². The third-order valence-electron chi connectivity index (χ3n) is 8.84. The van der Waals surface area contributed by atoms with Gasteiger partial charge in [-0.05, 0) is 84.7 Å². The SMILES string of the molecule is C=C(CNCCC1(c2nn[nH]n2)c2ccc(C(=O)NC)cc2Cc2cc(C(=O)NC)ccc21)N1C(C#N)C[C@@H]2C[C@@H]21. The smallest absolute Gasteiger partial charge is 0.251 e. The monoisotopic (exact) mass is 551 g/mol. The molecule has 4 N–H and O–H groups in total. The summed E-state index contributed by atoms with van der Waals surface area (Å²) in [5.41, 5.74) is 5.21. The summed E-state index contributed by atoms with van der Waals surface area (Å²) < 4.78 is 0. The van der Waals surface area contributed by atoms with Crippen molar-refractivity contribution in [1.82, 2.24) is 41.5 Å². The maximum atomic E-state index is 12.5. The van der Waals surface area contributed by atoms with Crippen LogP contribution in [0.1, 0.15) is 68.1 Å². The number of carbonyl (C=O) groups excluding carboxylic acids is 2. The van der Waals surface area contributed by atoms with Crippen LogP contribution in [0.4, 0.5) is 0 Å². The number of rotatable bonds is 9. The van der Waals surface area contributed by atoms with E-state index >= 15 is 0 Å². The lowest BCUT2D eigenvalue weighted by molar-refractivity contribution is 0.0955. The fraction of sp³-hybridized carbons (Fsp3) is 0.400. The fourth-order valence-corrected chi connectivity index (χ4v) is 6.83. The molecule has 6 rings (SSSR count). The molecule has 2 aliphatic carbocycles. The molecule has 2 fully saturated rings. The fourth-order valence-electron chi connectivity index (χ4n) is 6.83. The Morgan fingerprint density at radius 2 is 1.76 bits per heavy atom. The number of benzene rings is 2. The van der Waals surface area contributed by atoms with Gasteiger partial charge in [-0.3, -0.25) is 9.59 Å². The number of carbonyl (C=O) groups is 2. The van der Waals surface area contributed by atoms with Crippen molar-refractivity contribution in [3.63, 3.8) is 0 Å². The number of H-pyrrole nitrogens is 1. The number of nitriles is 1. The molecular formula is C30H33N9O2. The van der Waals surface area contributed by atoms with Crippen LogP contribution in [0, 0.1) is 17.2 Å². The number of hydrogen-bond donors (Lipinski definition) is 4. The zero-order valence-electron chi connectivity index (χ0n) is 23.2. The van der Waals surface area contributed by atoms with E-state index in [1.807, 2.05) is 36.4 Å². The minimum Gasteiger partial charge on any atom is -0.355 e. The summed E-state index contributed by atoms with van der Waals surface area (Å²) in [6, 6.07) is 14.2. The first kappa shape index (κ1) is 26.7. The normalized spacial score (nSPS) is 21.2. The van der Waals surface area contributed by atoms with Crippen LogP contribution < -0.4 is 16.0 Å². The largest absolute Gasteiger partial charge is 0.355 e. The number of amides is 2. The number of likely N-dealkylation sites (tertiary alicyclic amines) is 1. The van der Waals surface area contributed by atoms with Crippen molar-refractivity contribution in [3.8, 4) is 6.07 Å². The number of nitrogens with one attached hydrogen (secondary N) is 4. The Kier molecular flexibility index (Phi) is 6.79. The highest BCUT2D eigenvalue weighted by Crippen LogP contribution is 2.49. The van der Waals surface area contributed by atoms with Gasteiger partial charge in [-0.2, -0.15) is 10.5 Å². The first-order valence-electron chi connectivity index (χ1n) is 13.9. The second kappa shape index (κ2) is 10.4. The molecule has 2 heterocycles. The van der Waals surface area contributed by atoms with Crippen molar-refractivity contribution in [3.05, 3.63) is 87.9 Å². The Balaban J connectivity index is 1.36. The van der Waals surface area contributed by atoms with Crippen molar-refractivity contribution in [2.45, 2.75) is 43.2 Å². The number of piperidine rings is 1. The molecule has 11 heteroatoms. The zero-order chi connectivity index (χ0) is 28.7. The van der Waals surface area contributed by atoms with Gasteiger partial charge in [0.25, 0.3) is 11.8 Å². The van der Waals surface area contributed by atoms with Crippen molar-refractivity contribution in [2.24, 2.45) is 5.92 Å². The molecule has 210 valence electrons. The lowest BCUT2D eigenvalue weighted by Crippen LogP contribution is -2.40. The number of tetrazole rings is 1. The van der Waals surface area contributed by atoms with Crippen LogP contribution in [0.25, 0.3) is 0 Å². The van der Waals surface area contributed by atoms with Gasteiger partial charge in [0.1, 0.15) is 6.04 Å². The summed E-state index contributed by atoms with van der Waals surface area (Å²) >= 11 is 0. The van der Waals surface area contributed by atoms with Crippen molar-refractivity contribution >= 4 is 11.8 Å². The molecule has 0 radical (unpaired) electrons. The number of aromatic amines is 1. The Bertz CT molecular complexity index is 1490. The summed E-state index contributed by atoms with van der Waals surface area (Å²) in [7, 11) is 3.22. The summed E-state index contributed by atoms with van der Waals surface area (Å²) in [5, 5.41) is 34.0. The van der Waals surface area contributed by atoms with Gasteiger partial charge in [0.05, 0.1) is 11.5 Å². The quantitative estimate of drug-likeness (QED) is 0.293. The predicted molar refractivity (Wildman–Crippen MR) is 151 cm³/mol. The zero-order valence-corrected chi connectivity index (χ0v) is 23.2. The van der Waals surface area contributed by atoms with Gasteiger partial charge < -0.3 is 20.9 Å². The predicted octanol–water partition coefficient (Wildman–Crippen LogP) is 1.64. The van der Waals surface area contributed by atoms with Gasteiger partial charge in [0.2, 0.25) is 0 Å². The molecule has 41 heavy (non-hydrogen) atoms. The maximum absolute atomic E-state index is 12.5. The molecule has 2 aromatic carbocycles. The average molecular weight is 552 g/mol. The van der Waals surface area contributed by atoms with Crippen LogP contribution in [0.15, 0.2) is 48.7 Å². The van der Waals surface area contributed by atoms with Crippen LogP contribution in [-0.2, 0) is 11.8 Å². The van der Waals surface area contributed by atoms with Gasteiger partial charge in [0, 0.05) is 43.5 Å². The van der Waals surface area contributed by atoms with Crippen molar-refractivity contribution < 1.29 is 9.59 Å². The average Bonchev–Trinajstić information content (AvgIpc) is 3.36. The van der Waals surface area contributed by atoms with Crippen molar-refractivity contribution in [1.29, 1.82) is 5.26 Å². The molecule has 11 nitrogen and oxygen atoms in total. The Hall–Kier alpha value is -4.56. The lowest BCUT2D eigenvalue weighted by Gasteiger charge is -2.39. The number of aromatic nitrogens is 4. The molecule has 3 atom stereocenters. The van der Waals surface area contributed by atoms with Gasteiger partial charge in [0.15, 0.2) is 5.82 Å². The second-order valence-electron chi connectivity index (χ2n) is 11.1. The van der Waals surface area contributed by atoms with E-state index in [-0.39, 0.29) is 17.9 Å². The molecular weight excluding hydrogens is 518 g/mol. The summed E-state index contributed by atoms with van der Waals surface area (Å²) in [5.74, 6) is 0.801. The topological polar surface area (TPSA) is 152 Å². The molecule has 1 saturated heterocycles. The van der Waals surface area contributed by atoms with E-state index in [0.29, 0.717) is 54.8 Å². The first-order chi connectivity index (χ1) is 19.9. The van der Waals surface area contributed by atoms with E-state index in [1.165, 1.54) is 0 Å². The van der Waals surface area contributed by atoms with Gasteiger partial charge in [-0.1, -0.05) is 23.9 Å². The summed E-state index contributed by atoms with van der Waals surface area (Å²) in [6.45, 7) is 5.46. The lowest BCUT2D eigenvalue weighted by atomic mass is 9.63. The summed E-state index contributed by atoms with van der Waals surface area (Å²) in [4.78, 5) is 27.2. The molecule has 2 amide bonds. The Morgan fingerprint density at radius 3 is 2.32 bits per heavy atom. The van der Waals surface area contributed by atoms with Crippen LogP contribution in [0.5, 0.6) is 0 Å². The minimum absolute atomic E-state index is 0.0974. The van der Waals surface area contributed by atoms with Crippen LogP contribution >= 0.6 is 0 Å². The Morgan fingerprint density at radius 1 is 1.10 bits per heavy atom. The van der Waals surface area contributed by atoms with Crippen LogP contribution in [-0.4, -0.2) is 76.6 Å².